The standard InChI is InChI=1S/C22H26BrClN2O3/c1-28-20-12-17(14-25-9-5-11-26-10-4-8-22(26)27)18(23)13-21(20)29-15-16-6-2-3-7-19(16)24/h2-3,6-7,12-13,25H,4-5,8-11,14-15H2,1H3. The zero-order valence-corrected chi connectivity index (χ0v) is 18.9. The third-order valence-corrected chi connectivity index (χ3v) is 6.05. The van der Waals surface area contributed by atoms with E-state index in [4.69, 9.17) is 21.1 Å². The molecule has 0 radical (unpaired) electrons. The van der Waals surface area contributed by atoms with E-state index in [0.717, 1.165) is 48.1 Å². The van der Waals surface area contributed by atoms with E-state index in [1.165, 1.54) is 0 Å². The fourth-order valence-corrected chi connectivity index (χ4v) is 3.97. The van der Waals surface area contributed by atoms with Crippen LogP contribution in [0, 0.1) is 0 Å². The van der Waals surface area contributed by atoms with E-state index in [1.54, 1.807) is 7.11 Å². The van der Waals surface area contributed by atoms with Crippen molar-refractivity contribution in [1.82, 2.24) is 10.2 Å². The Morgan fingerprint density at radius 2 is 2.03 bits per heavy atom. The van der Waals surface area contributed by atoms with Gasteiger partial charge in [-0.05, 0) is 43.1 Å². The number of methoxy groups -OCH3 is 1. The third-order valence-electron chi connectivity index (χ3n) is 4.94. The predicted octanol–water partition coefficient (Wildman–Crippen LogP) is 4.79. The van der Waals surface area contributed by atoms with E-state index in [-0.39, 0.29) is 5.91 Å². The fraction of sp³-hybridized carbons (Fsp3) is 0.409. The van der Waals surface area contributed by atoms with Crippen LogP contribution in [0.5, 0.6) is 11.5 Å². The van der Waals surface area contributed by atoms with Crippen LogP contribution >= 0.6 is 27.5 Å². The van der Waals surface area contributed by atoms with Gasteiger partial charge in [0.05, 0.1) is 7.11 Å². The van der Waals surface area contributed by atoms with Crippen LogP contribution in [0.2, 0.25) is 5.02 Å². The second kappa shape index (κ2) is 10.9. The van der Waals surface area contributed by atoms with E-state index in [1.807, 2.05) is 41.3 Å². The highest BCUT2D eigenvalue weighted by Gasteiger charge is 2.19. The summed E-state index contributed by atoms with van der Waals surface area (Å²) in [6, 6.07) is 11.5. The first-order valence-corrected chi connectivity index (χ1v) is 11.0. The minimum atomic E-state index is 0.282. The molecule has 0 bridgehead atoms. The number of likely N-dealkylation sites (tertiary alicyclic amines) is 1. The number of hydrogen-bond donors (Lipinski definition) is 1. The van der Waals surface area contributed by atoms with Crippen molar-refractivity contribution in [3.05, 3.63) is 57.0 Å². The summed E-state index contributed by atoms with van der Waals surface area (Å²) in [4.78, 5) is 13.6. The Morgan fingerprint density at radius 3 is 2.76 bits per heavy atom. The van der Waals surface area contributed by atoms with Gasteiger partial charge in [0.2, 0.25) is 5.91 Å². The molecule has 2 aromatic carbocycles. The third kappa shape index (κ3) is 6.11. The van der Waals surface area contributed by atoms with Crippen molar-refractivity contribution in [2.75, 3.05) is 26.7 Å². The molecule has 1 amide bonds. The number of rotatable bonds is 10. The number of carbonyl (C=O) groups excluding carboxylic acids is 1. The smallest absolute Gasteiger partial charge is 0.222 e. The van der Waals surface area contributed by atoms with Crippen molar-refractivity contribution < 1.29 is 14.3 Å². The molecular weight excluding hydrogens is 456 g/mol. The minimum Gasteiger partial charge on any atom is -0.493 e. The van der Waals surface area contributed by atoms with Gasteiger partial charge in [0, 0.05) is 41.1 Å². The van der Waals surface area contributed by atoms with Gasteiger partial charge in [-0.2, -0.15) is 0 Å². The number of hydrogen-bond acceptors (Lipinski definition) is 4. The first-order valence-electron chi connectivity index (χ1n) is 9.79. The molecule has 1 fully saturated rings. The van der Waals surface area contributed by atoms with Crippen LogP contribution in [0.25, 0.3) is 0 Å². The van der Waals surface area contributed by atoms with Crippen LogP contribution < -0.4 is 14.8 Å². The highest BCUT2D eigenvalue weighted by atomic mass is 79.9. The van der Waals surface area contributed by atoms with Gasteiger partial charge in [-0.15, -0.1) is 0 Å². The quantitative estimate of drug-likeness (QED) is 0.496. The molecule has 1 aliphatic heterocycles. The lowest BCUT2D eigenvalue weighted by molar-refractivity contribution is -0.127. The summed E-state index contributed by atoms with van der Waals surface area (Å²) in [6.45, 7) is 3.65. The van der Waals surface area contributed by atoms with Gasteiger partial charge >= 0.3 is 0 Å². The summed E-state index contributed by atoms with van der Waals surface area (Å²) in [7, 11) is 1.63. The van der Waals surface area contributed by atoms with Crippen molar-refractivity contribution in [1.29, 1.82) is 0 Å². The Morgan fingerprint density at radius 1 is 1.21 bits per heavy atom. The summed E-state index contributed by atoms with van der Waals surface area (Å²) in [6.07, 6.45) is 2.63. The number of nitrogens with zero attached hydrogens (tertiary/aromatic N) is 1. The lowest BCUT2D eigenvalue weighted by atomic mass is 10.2. The molecule has 0 atom stereocenters. The van der Waals surface area contributed by atoms with Gasteiger partial charge < -0.3 is 19.7 Å². The first kappa shape index (κ1) is 21.9. The normalized spacial score (nSPS) is 13.8. The van der Waals surface area contributed by atoms with Crippen molar-refractivity contribution in [2.45, 2.75) is 32.4 Å². The molecule has 7 heteroatoms. The Labute approximate surface area is 185 Å². The SMILES string of the molecule is COc1cc(CNCCCN2CCCC2=O)c(Br)cc1OCc1ccccc1Cl. The molecule has 1 N–H and O–H groups in total. The van der Waals surface area contributed by atoms with Crippen molar-refractivity contribution in [3.63, 3.8) is 0 Å². The topological polar surface area (TPSA) is 50.8 Å². The maximum Gasteiger partial charge on any atom is 0.222 e. The van der Waals surface area contributed by atoms with Crippen LogP contribution in [-0.4, -0.2) is 37.6 Å². The second-order valence-corrected chi connectivity index (χ2v) is 8.25. The number of nitrogens with one attached hydrogen (secondary N) is 1. The van der Waals surface area contributed by atoms with Gasteiger partial charge in [-0.3, -0.25) is 4.79 Å². The molecule has 29 heavy (non-hydrogen) atoms. The number of halogens is 2. The van der Waals surface area contributed by atoms with Crippen LogP contribution in [0.3, 0.4) is 0 Å². The molecule has 5 nitrogen and oxygen atoms in total. The molecule has 0 saturated carbocycles. The van der Waals surface area contributed by atoms with Crippen LogP contribution in [0.4, 0.5) is 0 Å². The van der Waals surface area contributed by atoms with E-state index < -0.39 is 0 Å². The summed E-state index contributed by atoms with van der Waals surface area (Å²) in [5.41, 5.74) is 2.01. The zero-order chi connectivity index (χ0) is 20.6. The summed E-state index contributed by atoms with van der Waals surface area (Å²) in [5, 5.41) is 4.12. The van der Waals surface area contributed by atoms with Crippen LogP contribution in [0.15, 0.2) is 40.9 Å². The van der Waals surface area contributed by atoms with Gasteiger partial charge in [0.1, 0.15) is 6.61 Å². The number of benzene rings is 2. The zero-order valence-electron chi connectivity index (χ0n) is 16.5. The van der Waals surface area contributed by atoms with Crippen molar-refractivity contribution in [3.8, 4) is 11.5 Å². The molecular formula is C22H26BrClN2O3. The predicted molar refractivity (Wildman–Crippen MR) is 119 cm³/mol. The van der Waals surface area contributed by atoms with Crippen LogP contribution in [0.1, 0.15) is 30.4 Å². The fourth-order valence-electron chi connectivity index (χ4n) is 3.31. The average Bonchev–Trinajstić information content (AvgIpc) is 3.13. The summed E-state index contributed by atoms with van der Waals surface area (Å²) >= 11 is 9.83. The molecule has 1 heterocycles. The molecule has 3 rings (SSSR count). The van der Waals surface area contributed by atoms with Gasteiger partial charge in [0.25, 0.3) is 0 Å². The average molecular weight is 482 g/mol. The van der Waals surface area contributed by atoms with Gasteiger partial charge in [-0.25, -0.2) is 0 Å². The number of amides is 1. The van der Waals surface area contributed by atoms with Crippen LogP contribution in [-0.2, 0) is 17.9 Å². The Kier molecular flexibility index (Phi) is 8.21. The Balaban J connectivity index is 1.52. The van der Waals surface area contributed by atoms with E-state index in [2.05, 4.69) is 21.2 Å². The van der Waals surface area contributed by atoms with Gasteiger partial charge in [-0.1, -0.05) is 45.7 Å². The Bertz CT molecular complexity index is 847. The highest BCUT2D eigenvalue weighted by molar-refractivity contribution is 9.10. The Hall–Kier alpha value is -1.76. The largest absolute Gasteiger partial charge is 0.493 e. The molecule has 156 valence electrons. The maximum atomic E-state index is 11.6. The molecule has 1 aliphatic rings. The number of carbonyl (C=O) groups is 1. The highest BCUT2D eigenvalue weighted by Crippen LogP contribution is 2.34. The summed E-state index contributed by atoms with van der Waals surface area (Å²) < 4.78 is 12.4. The molecule has 2 aromatic rings. The second-order valence-electron chi connectivity index (χ2n) is 6.99. The molecule has 0 unspecified atom stereocenters. The van der Waals surface area contributed by atoms with Crippen molar-refractivity contribution in [2.24, 2.45) is 0 Å². The minimum absolute atomic E-state index is 0.282. The van der Waals surface area contributed by atoms with Gasteiger partial charge in [0.15, 0.2) is 11.5 Å². The summed E-state index contributed by atoms with van der Waals surface area (Å²) in [5.74, 6) is 1.63. The van der Waals surface area contributed by atoms with E-state index >= 15 is 0 Å². The lowest BCUT2D eigenvalue weighted by Crippen LogP contribution is -2.28. The molecule has 0 spiro atoms. The van der Waals surface area contributed by atoms with E-state index in [9.17, 15) is 4.79 Å². The monoisotopic (exact) mass is 480 g/mol. The van der Waals surface area contributed by atoms with Crippen molar-refractivity contribution >= 4 is 33.4 Å². The number of ether oxygens (including phenoxy) is 2. The first-order chi connectivity index (χ1) is 14.1. The lowest BCUT2D eigenvalue weighted by Gasteiger charge is -2.16. The molecule has 0 aromatic heterocycles. The molecule has 0 aliphatic carbocycles. The maximum absolute atomic E-state index is 11.6. The van der Waals surface area contributed by atoms with E-state index in [0.29, 0.717) is 36.1 Å². The molecule has 1 saturated heterocycles.